The van der Waals surface area contributed by atoms with Crippen LogP contribution in [0, 0.1) is 5.92 Å². The van der Waals surface area contributed by atoms with Gasteiger partial charge in [-0.3, -0.25) is 4.79 Å². The Labute approximate surface area is 184 Å². The number of carbonyl (C=O) groups excluding carboxylic acids is 1. The summed E-state index contributed by atoms with van der Waals surface area (Å²) in [5.74, 6) is 1.73. The summed E-state index contributed by atoms with van der Waals surface area (Å²) in [6.07, 6.45) is 6.40. The molecule has 1 aliphatic heterocycles. The molecule has 5 heteroatoms. The molecule has 0 N–H and O–H groups in total. The first-order valence-electron chi connectivity index (χ1n) is 11.2. The van der Waals surface area contributed by atoms with E-state index in [1.165, 1.54) is 12.0 Å². The molecule has 0 atom stereocenters. The van der Waals surface area contributed by atoms with Crippen LogP contribution in [0.3, 0.4) is 0 Å². The number of piperidine rings is 1. The summed E-state index contributed by atoms with van der Waals surface area (Å²) in [6, 6.07) is 16.5. The van der Waals surface area contributed by atoms with E-state index >= 15 is 0 Å². The number of fused-ring (bicyclic) bond motifs is 1. The molecule has 1 aromatic heterocycles. The Hall–Kier alpha value is -2.79. The van der Waals surface area contributed by atoms with Gasteiger partial charge in [-0.25, -0.2) is 0 Å². The highest BCUT2D eigenvalue weighted by Crippen LogP contribution is 2.27. The van der Waals surface area contributed by atoms with Gasteiger partial charge in [0.05, 0.1) is 19.3 Å². The molecule has 1 aliphatic rings. The van der Waals surface area contributed by atoms with Crippen molar-refractivity contribution in [3.8, 4) is 5.75 Å². The second-order valence-electron chi connectivity index (χ2n) is 8.37. The minimum Gasteiger partial charge on any atom is -0.497 e. The van der Waals surface area contributed by atoms with Gasteiger partial charge >= 0.3 is 0 Å². The molecule has 0 bridgehead atoms. The number of methoxy groups -OCH3 is 2. The van der Waals surface area contributed by atoms with E-state index in [1.807, 2.05) is 41.4 Å². The fourth-order valence-corrected chi connectivity index (χ4v) is 4.55. The van der Waals surface area contributed by atoms with Crippen LogP contribution in [-0.4, -0.2) is 49.3 Å². The van der Waals surface area contributed by atoms with Crippen LogP contribution in [0.1, 0.15) is 35.2 Å². The average Bonchev–Trinajstić information content (AvgIpc) is 3.20. The number of likely N-dealkylation sites (tertiary alicyclic amines) is 1. The third kappa shape index (κ3) is 4.93. The first-order chi connectivity index (χ1) is 15.2. The third-order valence-electron chi connectivity index (χ3n) is 6.46. The molecular formula is C26H32N2O3. The summed E-state index contributed by atoms with van der Waals surface area (Å²) < 4.78 is 12.6. The maximum Gasteiger partial charge on any atom is 0.256 e. The Morgan fingerprint density at radius 3 is 2.48 bits per heavy atom. The summed E-state index contributed by atoms with van der Waals surface area (Å²) in [5, 5.41) is 1.03. The molecule has 2 aromatic carbocycles. The molecule has 4 rings (SSSR count). The maximum absolute atomic E-state index is 13.3. The van der Waals surface area contributed by atoms with Crippen molar-refractivity contribution in [2.45, 2.75) is 32.2 Å². The molecule has 3 aromatic rings. The Kier molecular flexibility index (Phi) is 6.92. The predicted octanol–water partition coefficient (Wildman–Crippen LogP) is 4.78. The zero-order valence-electron chi connectivity index (χ0n) is 18.5. The van der Waals surface area contributed by atoms with E-state index in [2.05, 4.69) is 22.8 Å². The highest BCUT2D eigenvalue weighted by atomic mass is 16.5. The molecule has 1 amide bonds. The van der Waals surface area contributed by atoms with Crippen LogP contribution in [0.4, 0.5) is 0 Å². The number of aryl methyl sites for hydroxylation is 1. The number of nitrogens with zero attached hydrogens (tertiary/aromatic N) is 2. The van der Waals surface area contributed by atoms with Crippen LogP contribution >= 0.6 is 0 Å². The molecule has 0 saturated carbocycles. The average molecular weight is 421 g/mol. The SMILES string of the molecule is COCCn1cc(C(=O)N2CCC(CCc3ccc(OC)cc3)CC2)c2ccccc21. The van der Waals surface area contributed by atoms with E-state index in [0.29, 0.717) is 12.5 Å². The monoisotopic (exact) mass is 420 g/mol. The van der Waals surface area contributed by atoms with Gasteiger partial charge in [0.25, 0.3) is 5.91 Å². The van der Waals surface area contributed by atoms with Crippen LogP contribution in [0.5, 0.6) is 5.75 Å². The van der Waals surface area contributed by atoms with Gasteiger partial charge in [0, 0.05) is 43.8 Å². The molecule has 0 radical (unpaired) electrons. The topological polar surface area (TPSA) is 43.7 Å². The van der Waals surface area contributed by atoms with Crippen LogP contribution in [0.25, 0.3) is 10.9 Å². The van der Waals surface area contributed by atoms with Gasteiger partial charge < -0.3 is 18.9 Å². The third-order valence-corrected chi connectivity index (χ3v) is 6.46. The molecule has 5 nitrogen and oxygen atoms in total. The van der Waals surface area contributed by atoms with E-state index < -0.39 is 0 Å². The van der Waals surface area contributed by atoms with Crippen molar-refractivity contribution in [1.82, 2.24) is 9.47 Å². The van der Waals surface area contributed by atoms with Gasteiger partial charge in [0.1, 0.15) is 5.75 Å². The number of hydrogen-bond donors (Lipinski definition) is 0. The van der Waals surface area contributed by atoms with Gasteiger partial charge in [0.15, 0.2) is 0 Å². The lowest BCUT2D eigenvalue weighted by Crippen LogP contribution is -2.38. The fraction of sp³-hybridized carbons (Fsp3) is 0.423. The summed E-state index contributed by atoms with van der Waals surface area (Å²) >= 11 is 0. The zero-order valence-corrected chi connectivity index (χ0v) is 18.5. The van der Waals surface area contributed by atoms with E-state index in [4.69, 9.17) is 9.47 Å². The second kappa shape index (κ2) is 10.0. The molecule has 1 fully saturated rings. The molecule has 0 spiro atoms. The molecule has 2 heterocycles. The Morgan fingerprint density at radius 2 is 1.77 bits per heavy atom. The Balaban J connectivity index is 1.36. The first kappa shape index (κ1) is 21.4. The number of benzene rings is 2. The van der Waals surface area contributed by atoms with Gasteiger partial charge in [-0.05, 0) is 55.4 Å². The minimum atomic E-state index is 0.154. The van der Waals surface area contributed by atoms with E-state index in [0.717, 1.165) is 61.1 Å². The Morgan fingerprint density at radius 1 is 1.03 bits per heavy atom. The standard InChI is InChI=1S/C26H32N2O3/c1-30-18-17-28-19-24(23-5-3-4-6-25(23)28)26(29)27-15-13-21(14-16-27)8-7-20-9-11-22(31-2)12-10-20/h3-6,9-12,19,21H,7-8,13-18H2,1-2H3. The van der Waals surface area contributed by atoms with E-state index in [9.17, 15) is 4.79 Å². The lowest BCUT2D eigenvalue weighted by atomic mass is 9.90. The van der Waals surface area contributed by atoms with Crippen LogP contribution in [-0.2, 0) is 17.7 Å². The van der Waals surface area contributed by atoms with Crippen molar-refractivity contribution in [2.75, 3.05) is 33.9 Å². The smallest absolute Gasteiger partial charge is 0.256 e. The van der Waals surface area contributed by atoms with Crippen LogP contribution in [0.15, 0.2) is 54.7 Å². The van der Waals surface area contributed by atoms with Crippen molar-refractivity contribution < 1.29 is 14.3 Å². The zero-order chi connectivity index (χ0) is 21.6. The maximum atomic E-state index is 13.3. The van der Waals surface area contributed by atoms with Crippen molar-refractivity contribution in [3.05, 3.63) is 65.9 Å². The lowest BCUT2D eigenvalue weighted by molar-refractivity contribution is 0.0688. The van der Waals surface area contributed by atoms with Crippen molar-refractivity contribution >= 4 is 16.8 Å². The van der Waals surface area contributed by atoms with Crippen molar-refractivity contribution in [3.63, 3.8) is 0 Å². The summed E-state index contributed by atoms with van der Waals surface area (Å²) in [5.41, 5.74) is 3.25. The number of amides is 1. The largest absolute Gasteiger partial charge is 0.497 e. The van der Waals surface area contributed by atoms with Crippen molar-refractivity contribution in [1.29, 1.82) is 0 Å². The number of aromatic nitrogens is 1. The lowest BCUT2D eigenvalue weighted by Gasteiger charge is -2.32. The highest BCUT2D eigenvalue weighted by molar-refractivity contribution is 6.07. The predicted molar refractivity (Wildman–Crippen MR) is 124 cm³/mol. The summed E-state index contributed by atoms with van der Waals surface area (Å²) in [4.78, 5) is 15.4. The highest BCUT2D eigenvalue weighted by Gasteiger charge is 2.25. The molecule has 0 aliphatic carbocycles. The van der Waals surface area contributed by atoms with E-state index in [-0.39, 0.29) is 5.91 Å². The van der Waals surface area contributed by atoms with Crippen LogP contribution in [0.2, 0.25) is 0 Å². The molecule has 164 valence electrons. The number of rotatable bonds is 8. The van der Waals surface area contributed by atoms with Gasteiger partial charge in [-0.15, -0.1) is 0 Å². The molecule has 1 saturated heterocycles. The van der Waals surface area contributed by atoms with Gasteiger partial charge in [0.2, 0.25) is 0 Å². The summed E-state index contributed by atoms with van der Waals surface area (Å²) in [7, 11) is 3.40. The molecule has 31 heavy (non-hydrogen) atoms. The molecular weight excluding hydrogens is 388 g/mol. The first-order valence-corrected chi connectivity index (χ1v) is 11.2. The van der Waals surface area contributed by atoms with Gasteiger partial charge in [-0.2, -0.15) is 0 Å². The fourth-order valence-electron chi connectivity index (χ4n) is 4.55. The van der Waals surface area contributed by atoms with Crippen molar-refractivity contribution in [2.24, 2.45) is 5.92 Å². The number of hydrogen-bond acceptors (Lipinski definition) is 3. The Bertz CT molecular complexity index is 1000. The van der Waals surface area contributed by atoms with E-state index in [1.54, 1.807) is 14.2 Å². The number of ether oxygens (including phenoxy) is 2. The normalized spacial score (nSPS) is 14.8. The quantitative estimate of drug-likeness (QED) is 0.527. The number of para-hydroxylation sites is 1. The number of carbonyl (C=O) groups is 1. The van der Waals surface area contributed by atoms with Gasteiger partial charge in [-0.1, -0.05) is 30.3 Å². The second-order valence-corrected chi connectivity index (χ2v) is 8.37. The molecule has 0 unspecified atom stereocenters. The van der Waals surface area contributed by atoms with Crippen LogP contribution < -0.4 is 4.74 Å². The summed E-state index contributed by atoms with van der Waals surface area (Å²) in [6.45, 7) is 3.05. The minimum absolute atomic E-state index is 0.154.